The lowest BCUT2D eigenvalue weighted by molar-refractivity contribution is 0.225. The molecule has 0 spiro atoms. The van der Waals surface area contributed by atoms with Crippen LogP contribution in [0.3, 0.4) is 0 Å². The van der Waals surface area contributed by atoms with Crippen LogP contribution in [0.25, 0.3) is 0 Å². The van der Waals surface area contributed by atoms with Gasteiger partial charge in [-0.25, -0.2) is 8.42 Å². The molecule has 1 atom stereocenters. The van der Waals surface area contributed by atoms with E-state index in [0.29, 0.717) is 36.5 Å². The predicted molar refractivity (Wildman–Crippen MR) is 94.6 cm³/mol. The third kappa shape index (κ3) is 3.12. The second-order valence-electron chi connectivity index (χ2n) is 7.41. The van der Waals surface area contributed by atoms with E-state index in [-0.39, 0.29) is 4.90 Å². The second kappa shape index (κ2) is 6.35. The number of ether oxygens (including phenoxy) is 1. The van der Waals surface area contributed by atoms with E-state index in [2.05, 4.69) is 10.1 Å². The number of piperidine rings is 1. The molecule has 1 saturated heterocycles. The van der Waals surface area contributed by atoms with Gasteiger partial charge in [-0.05, 0) is 49.9 Å². The molecule has 1 aliphatic heterocycles. The molecule has 2 aromatic rings. The summed E-state index contributed by atoms with van der Waals surface area (Å²) < 4.78 is 38.1. The fourth-order valence-corrected chi connectivity index (χ4v) is 5.06. The summed E-state index contributed by atoms with van der Waals surface area (Å²) in [5.41, 5.74) is -0.436. The number of nitrogens with zero attached hydrogens (tertiary/aromatic N) is 3. The highest BCUT2D eigenvalue weighted by molar-refractivity contribution is 7.89. The minimum Gasteiger partial charge on any atom is -0.497 e. The fraction of sp³-hybridized carbons (Fsp3) is 0.556. The zero-order valence-electron chi connectivity index (χ0n) is 15.0. The first-order chi connectivity index (χ1) is 12.4. The molecule has 8 heteroatoms. The van der Waals surface area contributed by atoms with Gasteiger partial charge in [-0.3, -0.25) is 0 Å². The molecule has 2 heterocycles. The average molecular weight is 377 g/mol. The Kier molecular flexibility index (Phi) is 4.27. The van der Waals surface area contributed by atoms with Crippen molar-refractivity contribution in [3.05, 3.63) is 36.0 Å². The van der Waals surface area contributed by atoms with E-state index in [0.717, 1.165) is 25.7 Å². The number of hydrogen-bond acceptors (Lipinski definition) is 6. The van der Waals surface area contributed by atoms with Crippen LogP contribution in [0, 0.1) is 0 Å². The van der Waals surface area contributed by atoms with Crippen LogP contribution in [0.1, 0.15) is 50.2 Å². The van der Waals surface area contributed by atoms with Crippen LogP contribution in [-0.2, 0) is 15.4 Å². The van der Waals surface area contributed by atoms with Gasteiger partial charge in [0.25, 0.3) is 0 Å². The smallest absolute Gasteiger partial charge is 0.243 e. The van der Waals surface area contributed by atoms with Gasteiger partial charge in [-0.1, -0.05) is 12.1 Å². The van der Waals surface area contributed by atoms with E-state index >= 15 is 0 Å². The highest BCUT2D eigenvalue weighted by atomic mass is 32.2. The molecule has 1 saturated carbocycles. The maximum absolute atomic E-state index is 13.1. The summed E-state index contributed by atoms with van der Waals surface area (Å²) in [5.74, 6) is 2.33. The second-order valence-corrected chi connectivity index (χ2v) is 9.35. The molecule has 1 aromatic carbocycles. The zero-order chi connectivity index (χ0) is 18.4. The van der Waals surface area contributed by atoms with E-state index < -0.39 is 15.4 Å². The molecular weight excluding hydrogens is 354 g/mol. The number of methoxy groups -OCH3 is 1. The van der Waals surface area contributed by atoms with Gasteiger partial charge in [0.15, 0.2) is 5.82 Å². The molecule has 1 unspecified atom stereocenters. The lowest BCUT2D eigenvalue weighted by atomic mass is 9.82. The molecule has 0 amide bonds. The van der Waals surface area contributed by atoms with Crippen molar-refractivity contribution >= 4 is 10.0 Å². The van der Waals surface area contributed by atoms with Gasteiger partial charge in [-0.2, -0.15) is 9.29 Å². The molecule has 2 fully saturated rings. The summed E-state index contributed by atoms with van der Waals surface area (Å²) in [7, 11) is -2.02. The molecule has 140 valence electrons. The lowest BCUT2D eigenvalue weighted by Crippen LogP contribution is -2.47. The molecule has 0 radical (unpaired) electrons. The van der Waals surface area contributed by atoms with Gasteiger partial charge in [0, 0.05) is 24.4 Å². The normalized spacial score (nSPS) is 24.5. The Morgan fingerprint density at radius 3 is 2.65 bits per heavy atom. The number of sulfonamides is 1. The van der Waals surface area contributed by atoms with Gasteiger partial charge in [0.2, 0.25) is 15.9 Å². The van der Waals surface area contributed by atoms with E-state index in [1.54, 1.807) is 31.4 Å². The summed E-state index contributed by atoms with van der Waals surface area (Å²) in [4.78, 5) is 4.84. The van der Waals surface area contributed by atoms with Crippen molar-refractivity contribution in [2.45, 2.75) is 48.8 Å². The maximum atomic E-state index is 13.1. The minimum atomic E-state index is -3.57. The van der Waals surface area contributed by atoms with Crippen molar-refractivity contribution in [1.82, 2.24) is 14.4 Å². The summed E-state index contributed by atoms with van der Waals surface area (Å²) in [6.45, 7) is 2.87. The Hall–Kier alpha value is -1.93. The number of benzene rings is 1. The molecule has 7 nitrogen and oxygen atoms in total. The van der Waals surface area contributed by atoms with Crippen LogP contribution in [0.5, 0.6) is 5.75 Å². The first-order valence-corrected chi connectivity index (χ1v) is 10.3. The molecule has 1 aliphatic carbocycles. The summed E-state index contributed by atoms with van der Waals surface area (Å²) >= 11 is 0. The molecule has 0 bridgehead atoms. The summed E-state index contributed by atoms with van der Waals surface area (Å²) in [6.07, 6.45) is 3.79. The van der Waals surface area contributed by atoms with Gasteiger partial charge < -0.3 is 9.26 Å². The van der Waals surface area contributed by atoms with Crippen LogP contribution < -0.4 is 4.74 Å². The maximum Gasteiger partial charge on any atom is 0.243 e. The van der Waals surface area contributed by atoms with Crippen LogP contribution in [0.15, 0.2) is 33.7 Å². The van der Waals surface area contributed by atoms with Crippen molar-refractivity contribution < 1.29 is 17.7 Å². The van der Waals surface area contributed by atoms with Crippen molar-refractivity contribution in [2.24, 2.45) is 0 Å². The molecule has 1 aromatic heterocycles. The van der Waals surface area contributed by atoms with Gasteiger partial charge >= 0.3 is 0 Å². The minimum absolute atomic E-state index is 0.273. The fourth-order valence-electron chi connectivity index (χ4n) is 3.45. The number of aromatic nitrogens is 2. The van der Waals surface area contributed by atoms with Crippen LogP contribution >= 0.6 is 0 Å². The standard InChI is InChI=1S/C18H23N3O4S/c1-18(17-19-16(25-20-17)13-4-5-13)10-3-11-21(12-18)26(22,23)15-8-6-14(24-2)7-9-15/h6-9,13H,3-5,10-12H2,1-2H3. The Balaban J connectivity index is 1.58. The molecule has 0 N–H and O–H groups in total. The molecule has 26 heavy (non-hydrogen) atoms. The van der Waals surface area contributed by atoms with E-state index in [1.165, 1.54) is 4.31 Å². The lowest BCUT2D eigenvalue weighted by Gasteiger charge is -2.37. The van der Waals surface area contributed by atoms with E-state index in [9.17, 15) is 8.42 Å². The first-order valence-electron chi connectivity index (χ1n) is 8.91. The molecule has 2 aliphatic rings. The predicted octanol–water partition coefficient (Wildman–Crippen LogP) is 2.70. The monoisotopic (exact) mass is 377 g/mol. The highest BCUT2D eigenvalue weighted by Crippen LogP contribution is 2.41. The van der Waals surface area contributed by atoms with Crippen molar-refractivity contribution in [1.29, 1.82) is 0 Å². The van der Waals surface area contributed by atoms with E-state index in [4.69, 9.17) is 9.26 Å². The van der Waals surface area contributed by atoms with Gasteiger partial charge in [0.1, 0.15) is 5.75 Å². The SMILES string of the molecule is COc1ccc(S(=O)(=O)N2CCCC(C)(c3noc(C4CC4)n3)C2)cc1. The zero-order valence-corrected chi connectivity index (χ0v) is 15.8. The van der Waals surface area contributed by atoms with Gasteiger partial charge in [-0.15, -0.1) is 0 Å². The summed E-state index contributed by atoms with van der Waals surface area (Å²) in [5, 5.41) is 4.16. The Labute approximate surface area is 153 Å². The van der Waals surface area contributed by atoms with Crippen LogP contribution in [0.4, 0.5) is 0 Å². The quantitative estimate of drug-likeness (QED) is 0.796. The topological polar surface area (TPSA) is 85.5 Å². The third-order valence-corrected chi connectivity index (χ3v) is 7.13. The van der Waals surface area contributed by atoms with Crippen LogP contribution in [0.2, 0.25) is 0 Å². The van der Waals surface area contributed by atoms with E-state index in [1.807, 2.05) is 6.92 Å². The average Bonchev–Trinajstić information content (AvgIpc) is 3.38. The van der Waals surface area contributed by atoms with Crippen molar-refractivity contribution in [3.8, 4) is 5.75 Å². The Morgan fingerprint density at radius 2 is 2.00 bits per heavy atom. The van der Waals surface area contributed by atoms with Crippen molar-refractivity contribution in [2.75, 3.05) is 20.2 Å². The number of rotatable bonds is 5. The Morgan fingerprint density at radius 1 is 1.27 bits per heavy atom. The highest BCUT2D eigenvalue weighted by Gasteiger charge is 2.42. The molecule has 4 rings (SSSR count). The summed E-state index contributed by atoms with van der Waals surface area (Å²) in [6, 6.07) is 6.49. The Bertz CT molecular complexity index is 889. The van der Waals surface area contributed by atoms with Gasteiger partial charge in [0.05, 0.1) is 12.0 Å². The number of hydrogen-bond donors (Lipinski definition) is 0. The van der Waals surface area contributed by atoms with Crippen LogP contribution in [-0.4, -0.2) is 43.1 Å². The third-order valence-electron chi connectivity index (χ3n) is 5.27. The first kappa shape index (κ1) is 17.5. The molecular formula is C18H23N3O4S. The van der Waals surface area contributed by atoms with Crippen molar-refractivity contribution in [3.63, 3.8) is 0 Å². The largest absolute Gasteiger partial charge is 0.497 e.